The average Bonchev–Trinajstić information content (AvgIpc) is 2.93. The maximum Gasteiger partial charge on any atom is 0.253 e. The van der Waals surface area contributed by atoms with Crippen LogP contribution in [-0.2, 0) is 0 Å². The number of aromatic nitrogens is 2. The van der Waals surface area contributed by atoms with E-state index in [1.54, 1.807) is 6.07 Å². The first-order chi connectivity index (χ1) is 9.08. The van der Waals surface area contributed by atoms with Crippen LogP contribution >= 0.6 is 0 Å². The highest BCUT2D eigenvalue weighted by Gasteiger charge is 2.26. The molecule has 0 saturated carbocycles. The molecule has 1 atom stereocenters. The number of likely N-dealkylation sites (tertiary alicyclic amines) is 1. The van der Waals surface area contributed by atoms with Crippen LogP contribution in [0.15, 0.2) is 12.1 Å². The molecule has 0 radical (unpaired) electrons. The number of halogens is 1. The van der Waals surface area contributed by atoms with E-state index in [-0.39, 0.29) is 11.6 Å². The number of primary amides is 1. The third-order valence-corrected chi connectivity index (χ3v) is 3.70. The van der Waals surface area contributed by atoms with Crippen LogP contribution in [0.5, 0.6) is 0 Å². The SMILES string of the molecule is CN1CCCC1c1nc2c(C(N)=O)c(F)ccc2[nH]1. The molecule has 1 aromatic carbocycles. The summed E-state index contributed by atoms with van der Waals surface area (Å²) in [7, 11) is 2.03. The zero-order chi connectivity index (χ0) is 13.6. The molecule has 0 aliphatic carbocycles. The number of rotatable bonds is 2. The van der Waals surface area contributed by atoms with Gasteiger partial charge in [0.25, 0.3) is 5.91 Å². The lowest BCUT2D eigenvalue weighted by molar-refractivity contribution is 0.0998. The molecule has 5 nitrogen and oxygen atoms in total. The van der Waals surface area contributed by atoms with E-state index < -0.39 is 11.7 Å². The molecule has 100 valence electrons. The first-order valence-electron chi connectivity index (χ1n) is 6.26. The summed E-state index contributed by atoms with van der Waals surface area (Å²) in [5.41, 5.74) is 6.06. The first-order valence-corrected chi connectivity index (χ1v) is 6.26. The number of fused-ring (bicyclic) bond motifs is 1. The van der Waals surface area contributed by atoms with Crippen LogP contribution in [0.3, 0.4) is 0 Å². The molecule has 1 aliphatic rings. The molecule has 19 heavy (non-hydrogen) atoms. The summed E-state index contributed by atoms with van der Waals surface area (Å²) in [5.74, 6) is -0.651. The van der Waals surface area contributed by atoms with Gasteiger partial charge >= 0.3 is 0 Å². The Balaban J connectivity index is 2.15. The van der Waals surface area contributed by atoms with Gasteiger partial charge in [0.15, 0.2) is 0 Å². The van der Waals surface area contributed by atoms with Crippen LogP contribution in [0.25, 0.3) is 11.0 Å². The van der Waals surface area contributed by atoms with Crippen molar-refractivity contribution in [2.24, 2.45) is 5.73 Å². The van der Waals surface area contributed by atoms with E-state index in [0.29, 0.717) is 11.0 Å². The summed E-state index contributed by atoms with van der Waals surface area (Å²) >= 11 is 0. The lowest BCUT2D eigenvalue weighted by Crippen LogP contribution is -2.18. The van der Waals surface area contributed by atoms with E-state index in [2.05, 4.69) is 14.9 Å². The molecule has 2 heterocycles. The number of carbonyl (C=O) groups excluding carboxylic acids is 1. The van der Waals surface area contributed by atoms with Crippen LogP contribution in [0.4, 0.5) is 4.39 Å². The van der Waals surface area contributed by atoms with Crippen molar-refractivity contribution in [3.63, 3.8) is 0 Å². The number of aromatic amines is 1. The van der Waals surface area contributed by atoms with E-state index in [9.17, 15) is 9.18 Å². The van der Waals surface area contributed by atoms with Crippen molar-refractivity contribution in [2.45, 2.75) is 18.9 Å². The maximum absolute atomic E-state index is 13.7. The summed E-state index contributed by atoms with van der Waals surface area (Å²) in [6, 6.07) is 3.02. The molecule has 0 spiro atoms. The van der Waals surface area contributed by atoms with Crippen molar-refractivity contribution in [1.82, 2.24) is 14.9 Å². The van der Waals surface area contributed by atoms with Crippen molar-refractivity contribution in [2.75, 3.05) is 13.6 Å². The van der Waals surface area contributed by atoms with Gasteiger partial charge in [0.2, 0.25) is 0 Å². The minimum atomic E-state index is -0.791. The monoisotopic (exact) mass is 262 g/mol. The van der Waals surface area contributed by atoms with Crippen molar-refractivity contribution < 1.29 is 9.18 Å². The Labute approximate surface area is 109 Å². The van der Waals surface area contributed by atoms with Crippen LogP contribution < -0.4 is 5.73 Å². The fraction of sp³-hybridized carbons (Fsp3) is 0.385. The molecule has 2 aromatic rings. The molecule has 3 rings (SSSR count). The average molecular weight is 262 g/mol. The van der Waals surface area contributed by atoms with E-state index >= 15 is 0 Å². The van der Waals surface area contributed by atoms with Gasteiger partial charge in [0.05, 0.1) is 11.6 Å². The van der Waals surface area contributed by atoms with Gasteiger partial charge in [0, 0.05) is 0 Å². The second-order valence-electron chi connectivity index (χ2n) is 4.94. The lowest BCUT2D eigenvalue weighted by atomic mass is 10.1. The van der Waals surface area contributed by atoms with Gasteiger partial charge in [-0.25, -0.2) is 9.37 Å². The minimum absolute atomic E-state index is 0.138. The number of carbonyl (C=O) groups is 1. The van der Waals surface area contributed by atoms with E-state index in [1.807, 2.05) is 7.05 Å². The van der Waals surface area contributed by atoms with Crippen LogP contribution in [-0.4, -0.2) is 34.4 Å². The van der Waals surface area contributed by atoms with Gasteiger partial charge < -0.3 is 10.7 Å². The molecule has 6 heteroatoms. The van der Waals surface area contributed by atoms with Crippen molar-refractivity contribution in [3.8, 4) is 0 Å². The Kier molecular flexibility index (Phi) is 2.74. The molecule has 0 bridgehead atoms. The van der Waals surface area contributed by atoms with E-state index in [4.69, 9.17) is 5.73 Å². The molecular formula is C13H15FN4O. The standard InChI is InChI=1S/C13H15FN4O/c1-18-6-2-3-9(18)13-16-8-5-4-7(14)10(12(15)19)11(8)17-13/h4-5,9H,2-3,6H2,1H3,(H2,15,19)(H,16,17). The lowest BCUT2D eigenvalue weighted by Gasteiger charge is -2.16. The Morgan fingerprint density at radius 1 is 1.58 bits per heavy atom. The first kappa shape index (κ1) is 12.1. The number of nitrogens with two attached hydrogens (primary N) is 1. The number of hydrogen-bond acceptors (Lipinski definition) is 3. The Hall–Kier alpha value is -1.95. The number of imidazole rings is 1. The largest absolute Gasteiger partial charge is 0.365 e. The number of benzene rings is 1. The summed E-state index contributed by atoms with van der Waals surface area (Å²) in [4.78, 5) is 21.1. The highest BCUT2D eigenvalue weighted by molar-refractivity contribution is 6.04. The predicted molar refractivity (Wildman–Crippen MR) is 69.2 cm³/mol. The highest BCUT2D eigenvalue weighted by atomic mass is 19.1. The molecular weight excluding hydrogens is 247 g/mol. The van der Waals surface area contributed by atoms with Gasteiger partial charge in [-0.3, -0.25) is 9.69 Å². The van der Waals surface area contributed by atoms with Crippen molar-refractivity contribution >= 4 is 16.9 Å². The second-order valence-corrected chi connectivity index (χ2v) is 4.94. The van der Waals surface area contributed by atoms with E-state index in [0.717, 1.165) is 25.2 Å². The molecule has 1 aliphatic heterocycles. The number of H-pyrrole nitrogens is 1. The maximum atomic E-state index is 13.7. The normalized spacial score (nSPS) is 20.2. The van der Waals surface area contributed by atoms with Gasteiger partial charge in [-0.1, -0.05) is 0 Å². The van der Waals surface area contributed by atoms with Crippen LogP contribution in [0.2, 0.25) is 0 Å². The van der Waals surface area contributed by atoms with Gasteiger partial charge in [-0.2, -0.15) is 0 Å². The third kappa shape index (κ3) is 1.88. The minimum Gasteiger partial charge on any atom is -0.365 e. The van der Waals surface area contributed by atoms with E-state index in [1.165, 1.54) is 6.07 Å². The van der Waals surface area contributed by atoms with Crippen molar-refractivity contribution in [1.29, 1.82) is 0 Å². The third-order valence-electron chi connectivity index (χ3n) is 3.70. The molecule has 1 aromatic heterocycles. The summed E-state index contributed by atoms with van der Waals surface area (Å²) in [5, 5.41) is 0. The summed E-state index contributed by atoms with van der Waals surface area (Å²) < 4.78 is 13.7. The summed E-state index contributed by atoms with van der Waals surface area (Å²) in [6.07, 6.45) is 2.11. The smallest absolute Gasteiger partial charge is 0.253 e. The Morgan fingerprint density at radius 3 is 3.00 bits per heavy atom. The van der Waals surface area contributed by atoms with Crippen LogP contribution in [0, 0.1) is 5.82 Å². The number of nitrogens with one attached hydrogen (secondary N) is 1. The molecule has 1 fully saturated rings. The van der Waals surface area contributed by atoms with Crippen LogP contribution in [0.1, 0.15) is 35.1 Å². The van der Waals surface area contributed by atoms with Gasteiger partial charge in [-0.15, -0.1) is 0 Å². The number of nitrogens with zero attached hydrogens (tertiary/aromatic N) is 2. The molecule has 1 unspecified atom stereocenters. The molecule has 3 N–H and O–H groups in total. The number of hydrogen-bond donors (Lipinski definition) is 2. The highest BCUT2D eigenvalue weighted by Crippen LogP contribution is 2.30. The Morgan fingerprint density at radius 2 is 2.37 bits per heavy atom. The Bertz CT molecular complexity index is 651. The fourth-order valence-corrected chi connectivity index (χ4v) is 2.72. The van der Waals surface area contributed by atoms with Gasteiger partial charge in [-0.05, 0) is 38.6 Å². The quantitative estimate of drug-likeness (QED) is 0.862. The second kappa shape index (κ2) is 4.31. The predicted octanol–water partition coefficient (Wildman–Crippen LogP) is 1.57. The molecule has 1 saturated heterocycles. The van der Waals surface area contributed by atoms with Gasteiger partial charge in [0.1, 0.15) is 22.7 Å². The zero-order valence-electron chi connectivity index (χ0n) is 10.6. The number of amides is 1. The molecule has 1 amide bonds. The topological polar surface area (TPSA) is 75.0 Å². The fourth-order valence-electron chi connectivity index (χ4n) is 2.72. The van der Waals surface area contributed by atoms with Crippen molar-refractivity contribution in [3.05, 3.63) is 29.3 Å². The summed E-state index contributed by atoms with van der Waals surface area (Å²) in [6.45, 7) is 1.01. The zero-order valence-corrected chi connectivity index (χ0v) is 10.6.